The van der Waals surface area contributed by atoms with Crippen LogP contribution in [-0.4, -0.2) is 15.6 Å². The summed E-state index contributed by atoms with van der Waals surface area (Å²) in [5, 5.41) is 9.13. The Morgan fingerprint density at radius 3 is 2.71 bits per heavy atom. The molecule has 0 aromatic carbocycles. The molecule has 0 radical (unpaired) electrons. The van der Waals surface area contributed by atoms with Crippen molar-refractivity contribution < 1.29 is 9.90 Å². The molecule has 0 aliphatic heterocycles. The highest BCUT2D eigenvalue weighted by Gasteiger charge is 2.17. The van der Waals surface area contributed by atoms with E-state index in [0.717, 1.165) is 26.6 Å². The largest absolute Gasteiger partial charge is 0.478 e. The molecule has 0 fully saturated rings. The van der Waals surface area contributed by atoms with E-state index >= 15 is 0 Å². The Morgan fingerprint density at radius 2 is 2.24 bits per heavy atom. The maximum atomic E-state index is 11.1. The first-order valence-electron chi connectivity index (χ1n) is 5.23. The second-order valence-corrected chi connectivity index (χ2v) is 6.14. The molecular weight excluding hydrogens is 302 g/mol. The van der Waals surface area contributed by atoms with Crippen molar-refractivity contribution >= 4 is 33.2 Å². The number of carboxylic acids is 1. The Hall–Kier alpha value is -1.07. The van der Waals surface area contributed by atoms with Crippen molar-refractivity contribution in [2.24, 2.45) is 0 Å². The lowest BCUT2D eigenvalue weighted by Gasteiger charge is -2.06. The molecular formula is C12H12BrNO2S. The van der Waals surface area contributed by atoms with E-state index in [1.54, 1.807) is 17.4 Å². The lowest BCUT2D eigenvalue weighted by atomic mass is 10.2. The standard InChI is InChI=1S/C12H12BrNO2S/c1-3-14-7(2)8(12(15)16)6-9(14)10-4-5-11(13)17-10/h4-6H,3H2,1-2H3,(H,15,16). The lowest BCUT2D eigenvalue weighted by Crippen LogP contribution is -2.02. The van der Waals surface area contributed by atoms with Crippen LogP contribution >= 0.6 is 27.3 Å². The zero-order chi connectivity index (χ0) is 12.6. The molecule has 0 saturated carbocycles. The van der Waals surface area contributed by atoms with E-state index in [-0.39, 0.29) is 0 Å². The lowest BCUT2D eigenvalue weighted by molar-refractivity contribution is 0.0696. The van der Waals surface area contributed by atoms with E-state index in [0.29, 0.717) is 5.56 Å². The molecule has 2 aromatic heterocycles. The van der Waals surface area contributed by atoms with Gasteiger partial charge in [0, 0.05) is 12.2 Å². The van der Waals surface area contributed by atoms with Crippen molar-refractivity contribution in [3.63, 3.8) is 0 Å². The average Bonchev–Trinajstić information content (AvgIpc) is 2.82. The molecule has 0 amide bonds. The van der Waals surface area contributed by atoms with Crippen LogP contribution in [0.1, 0.15) is 23.0 Å². The van der Waals surface area contributed by atoms with E-state index in [9.17, 15) is 4.79 Å². The minimum Gasteiger partial charge on any atom is -0.478 e. The molecule has 3 nitrogen and oxygen atoms in total. The Bertz CT molecular complexity index is 571. The summed E-state index contributed by atoms with van der Waals surface area (Å²) in [6.45, 7) is 4.63. The fourth-order valence-corrected chi connectivity index (χ4v) is 3.34. The van der Waals surface area contributed by atoms with Crippen molar-refractivity contribution in [2.75, 3.05) is 0 Å². The minimum atomic E-state index is -0.869. The smallest absolute Gasteiger partial charge is 0.337 e. The average molecular weight is 314 g/mol. The summed E-state index contributed by atoms with van der Waals surface area (Å²) in [6, 6.07) is 5.73. The molecule has 1 N–H and O–H groups in total. The summed E-state index contributed by atoms with van der Waals surface area (Å²) in [6.07, 6.45) is 0. The predicted molar refractivity (Wildman–Crippen MR) is 72.8 cm³/mol. The maximum Gasteiger partial charge on any atom is 0.337 e. The first-order chi connectivity index (χ1) is 8.04. The van der Waals surface area contributed by atoms with Crippen molar-refractivity contribution in [3.8, 4) is 10.6 Å². The second-order valence-electron chi connectivity index (χ2n) is 3.68. The van der Waals surface area contributed by atoms with Gasteiger partial charge in [-0.1, -0.05) is 0 Å². The Balaban J connectivity index is 2.61. The Kier molecular flexibility index (Phi) is 3.40. The number of rotatable bonds is 3. The zero-order valence-corrected chi connectivity index (χ0v) is 11.9. The monoisotopic (exact) mass is 313 g/mol. The van der Waals surface area contributed by atoms with Gasteiger partial charge in [0.1, 0.15) is 0 Å². The van der Waals surface area contributed by atoms with Gasteiger partial charge in [-0.05, 0) is 48.0 Å². The van der Waals surface area contributed by atoms with Crippen LogP contribution in [0.15, 0.2) is 22.0 Å². The number of carbonyl (C=O) groups is 1. The third-order valence-corrected chi connectivity index (χ3v) is 4.38. The van der Waals surface area contributed by atoms with Gasteiger partial charge in [-0.15, -0.1) is 11.3 Å². The quantitative estimate of drug-likeness (QED) is 0.930. The van der Waals surface area contributed by atoms with Crippen LogP contribution in [-0.2, 0) is 6.54 Å². The van der Waals surface area contributed by atoms with Gasteiger partial charge >= 0.3 is 5.97 Å². The Labute approximate surface area is 112 Å². The van der Waals surface area contributed by atoms with Crippen LogP contribution in [0.25, 0.3) is 10.6 Å². The number of carboxylic acid groups (broad SMARTS) is 1. The van der Waals surface area contributed by atoms with Crippen molar-refractivity contribution in [1.29, 1.82) is 0 Å². The van der Waals surface area contributed by atoms with Gasteiger partial charge in [-0.25, -0.2) is 4.79 Å². The normalized spacial score (nSPS) is 10.8. The zero-order valence-electron chi connectivity index (χ0n) is 9.53. The van der Waals surface area contributed by atoms with Crippen molar-refractivity contribution in [3.05, 3.63) is 33.2 Å². The van der Waals surface area contributed by atoms with Gasteiger partial charge in [0.15, 0.2) is 0 Å². The molecule has 2 rings (SSSR count). The van der Waals surface area contributed by atoms with Crippen molar-refractivity contribution in [1.82, 2.24) is 4.57 Å². The first-order valence-corrected chi connectivity index (χ1v) is 6.84. The molecule has 0 spiro atoms. The van der Waals surface area contributed by atoms with E-state index in [4.69, 9.17) is 5.11 Å². The van der Waals surface area contributed by atoms with Crippen molar-refractivity contribution in [2.45, 2.75) is 20.4 Å². The highest BCUT2D eigenvalue weighted by molar-refractivity contribution is 9.11. The number of thiophene rings is 1. The highest BCUT2D eigenvalue weighted by Crippen LogP contribution is 2.33. The highest BCUT2D eigenvalue weighted by atomic mass is 79.9. The fourth-order valence-electron chi connectivity index (χ4n) is 1.93. The minimum absolute atomic E-state index is 0.381. The third kappa shape index (κ3) is 2.17. The van der Waals surface area contributed by atoms with Crippen LogP contribution in [0, 0.1) is 6.92 Å². The van der Waals surface area contributed by atoms with Crippen LogP contribution in [0.3, 0.4) is 0 Å². The fraction of sp³-hybridized carbons (Fsp3) is 0.250. The number of aromatic carboxylic acids is 1. The molecule has 5 heteroatoms. The summed E-state index contributed by atoms with van der Waals surface area (Å²) < 4.78 is 3.08. The van der Waals surface area contributed by atoms with Gasteiger partial charge in [-0.3, -0.25) is 0 Å². The number of nitrogens with zero attached hydrogens (tertiary/aromatic N) is 1. The molecule has 17 heavy (non-hydrogen) atoms. The van der Waals surface area contributed by atoms with E-state index in [1.807, 2.05) is 30.5 Å². The molecule has 0 atom stereocenters. The van der Waals surface area contributed by atoms with E-state index in [2.05, 4.69) is 15.9 Å². The summed E-state index contributed by atoms with van der Waals surface area (Å²) in [5.41, 5.74) is 2.16. The van der Waals surface area contributed by atoms with Crippen LogP contribution in [0.4, 0.5) is 0 Å². The molecule has 0 aliphatic rings. The predicted octanol–water partition coefficient (Wildman–Crippen LogP) is 4.01. The van der Waals surface area contributed by atoms with Gasteiger partial charge in [-0.2, -0.15) is 0 Å². The topological polar surface area (TPSA) is 42.2 Å². The third-order valence-electron chi connectivity index (χ3n) is 2.74. The van der Waals surface area contributed by atoms with Crippen LogP contribution in [0.5, 0.6) is 0 Å². The molecule has 90 valence electrons. The first kappa shape index (κ1) is 12.4. The van der Waals surface area contributed by atoms with Gasteiger partial charge < -0.3 is 9.67 Å². The molecule has 0 aliphatic carbocycles. The van der Waals surface area contributed by atoms with Gasteiger partial charge in [0.05, 0.1) is 19.9 Å². The van der Waals surface area contributed by atoms with E-state index < -0.39 is 5.97 Å². The van der Waals surface area contributed by atoms with Crippen LogP contribution < -0.4 is 0 Å². The molecule has 0 saturated heterocycles. The molecule has 0 bridgehead atoms. The number of aromatic nitrogens is 1. The summed E-state index contributed by atoms with van der Waals surface area (Å²) in [4.78, 5) is 12.2. The number of hydrogen-bond donors (Lipinski definition) is 1. The maximum absolute atomic E-state index is 11.1. The number of halogens is 1. The van der Waals surface area contributed by atoms with Crippen LogP contribution in [0.2, 0.25) is 0 Å². The number of hydrogen-bond acceptors (Lipinski definition) is 2. The summed E-state index contributed by atoms with van der Waals surface area (Å²) >= 11 is 5.03. The van der Waals surface area contributed by atoms with Gasteiger partial charge in [0.2, 0.25) is 0 Å². The molecule has 0 unspecified atom stereocenters. The SMILES string of the molecule is CCn1c(-c2ccc(Br)s2)cc(C(=O)O)c1C. The van der Waals surface area contributed by atoms with Gasteiger partial charge in [0.25, 0.3) is 0 Å². The Morgan fingerprint density at radius 1 is 1.53 bits per heavy atom. The summed E-state index contributed by atoms with van der Waals surface area (Å²) in [5.74, 6) is -0.869. The second kappa shape index (κ2) is 4.66. The summed E-state index contributed by atoms with van der Waals surface area (Å²) in [7, 11) is 0. The molecule has 2 aromatic rings. The van der Waals surface area contributed by atoms with E-state index in [1.165, 1.54) is 0 Å². The molecule has 2 heterocycles.